The van der Waals surface area contributed by atoms with Crippen molar-refractivity contribution in [1.29, 1.82) is 0 Å². The second kappa shape index (κ2) is 7.08. The minimum Gasteiger partial charge on any atom is -0.317 e. The fourth-order valence-electron chi connectivity index (χ4n) is 1.85. The number of aromatic amines is 1. The number of H-pyrrole nitrogens is 1. The molecule has 6 heteroatoms. The quantitative estimate of drug-likeness (QED) is 0.907. The zero-order valence-electron chi connectivity index (χ0n) is 12.0. The first-order valence-corrected chi connectivity index (χ1v) is 7.69. The normalized spacial score (nSPS) is 10.4. The highest BCUT2D eigenvalue weighted by atomic mass is 32.2. The van der Waals surface area contributed by atoms with E-state index in [1.54, 1.807) is 0 Å². The molecule has 110 valence electrons. The number of nitrogens with one attached hydrogen (secondary N) is 2. The third kappa shape index (κ3) is 4.19. The Morgan fingerprint density at radius 3 is 2.67 bits per heavy atom. The van der Waals surface area contributed by atoms with Gasteiger partial charge >= 0.3 is 0 Å². The third-order valence-corrected chi connectivity index (χ3v) is 3.82. The first-order valence-electron chi connectivity index (χ1n) is 6.70. The number of carbonyl (C=O) groups excluding carboxylic acids is 1. The lowest BCUT2D eigenvalue weighted by molar-refractivity contribution is 0.270. The fourth-order valence-corrected chi connectivity index (χ4v) is 2.43. The molecule has 0 saturated heterocycles. The molecule has 0 unspecified atom stereocenters. The molecule has 0 aliphatic rings. The number of hydrogen-bond donors (Lipinski definition) is 2. The van der Waals surface area contributed by atoms with Gasteiger partial charge in [-0.3, -0.25) is 9.59 Å². The largest absolute Gasteiger partial charge is 0.317 e. The molecule has 2 rings (SSSR count). The van der Waals surface area contributed by atoms with Crippen molar-refractivity contribution < 1.29 is 4.79 Å². The van der Waals surface area contributed by atoms with Gasteiger partial charge in [-0.05, 0) is 31.0 Å². The van der Waals surface area contributed by atoms with Gasteiger partial charge in [-0.25, -0.2) is 5.10 Å². The highest BCUT2D eigenvalue weighted by Gasteiger charge is 2.06. The van der Waals surface area contributed by atoms with E-state index in [1.165, 1.54) is 17.8 Å². The van der Waals surface area contributed by atoms with Crippen LogP contribution in [0.3, 0.4) is 0 Å². The SMILES string of the molecule is CCCSC(=O)Nc1ccc(-c2n[nH]c(=O)cc2C)cc1. The van der Waals surface area contributed by atoms with E-state index >= 15 is 0 Å². The number of nitrogens with zero attached hydrogens (tertiary/aromatic N) is 1. The topological polar surface area (TPSA) is 74.8 Å². The average Bonchev–Trinajstić information content (AvgIpc) is 2.46. The Balaban J connectivity index is 2.11. The number of rotatable bonds is 4. The van der Waals surface area contributed by atoms with E-state index in [2.05, 4.69) is 15.5 Å². The summed E-state index contributed by atoms with van der Waals surface area (Å²) in [6.45, 7) is 3.88. The maximum Gasteiger partial charge on any atom is 0.283 e. The Kier molecular flexibility index (Phi) is 5.16. The smallest absolute Gasteiger partial charge is 0.283 e. The van der Waals surface area contributed by atoms with Crippen molar-refractivity contribution in [2.75, 3.05) is 11.1 Å². The van der Waals surface area contributed by atoms with Gasteiger partial charge in [-0.15, -0.1) is 0 Å². The van der Waals surface area contributed by atoms with Crippen molar-refractivity contribution >= 4 is 22.7 Å². The van der Waals surface area contributed by atoms with Gasteiger partial charge in [0.25, 0.3) is 10.8 Å². The van der Waals surface area contributed by atoms with Gasteiger partial charge in [0.05, 0.1) is 5.69 Å². The van der Waals surface area contributed by atoms with Crippen LogP contribution in [0.4, 0.5) is 10.5 Å². The minimum atomic E-state index is -0.215. The van der Waals surface area contributed by atoms with Crippen LogP contribution in [0.2, 0.25) is 0 Å². The molecule has 2 aromatic rings. The maximum atomic E-state index is 11.6. The molecule has 2 N–H and O–H groups in total. The summed E-state index contributed by atoms with van der Waals surface area (Å²) in [5.74, 6) is 0.810. The predicted molar refractivity (Wildman–Crippen MR) is 86.8 cm³/mol. The Hall–Kier alpha value is -2.08. The summed E-state index contributed by atoms with van der Waals surface area (Å²) in [5, 5.41) is 9.25. The van der Waals surface area contributed by atoms with Crippen LogP contribution >= 0.6 is 11.8 Å². The van der Waals surface area contributed by atoms with Crippen molar-refractivity contribution in [3.8, 4) is 11.3 Å². The van der Waals surface area contributed by atoms with Crippen LogP contribution in [-0.2, 0) is 0 Å². The average molecular weight is 303 g/mol. The van der Waals surface area contributed by atoms with Gasteiger partial charge in [-0.1, -0.05) is 30.8 Å². The van der Waals surface area contributed by atoms with Gasteiger partial charge in [0.15, 0.2) is 0 Å². The first kappa shape index (κ1) is 15.3. The number of amides is 1. The number of anilines is 1. The van der Waals surface area contributed by atoms with Crippen molar-refractivity contribution in [2.45, 2.75) is 20.3 Å². The van der Waals surface area contributed by atoms with Crippen molar-refractivity contribution in [3.05, 3.63) is 46.2 Å². The molecule has 1 aromatic carbocycles. The predicted octanol–water partition coefficient (Wildman–Crippen LogP) is 3.42. The molecule has 0 saturated carbocycles. The molecule has 1 heterocycles. The molecule has 0 spiro atoms. The van der Waals surface area contributed by atoms with E-state index in [9.17, 15) is 9.59 Å². The number of thioether (sulfide) groups is 1. The standard InChI is InChI=1S/C15H17N3O2S/c1-3-8-21-15(20)16-12-6-4-11(5-7-12)14-10(2)9-13(19)17-18-14/h4-7,9H,3,8H2,1-2H3,(H,16,20)(H,17,19). The van der Waals surface area contributed by atoms with Crippen LogP contribution in [-0.4, -0.2) is 21.2 Å². The Morgan fingerprint density at radius 2 is 2.05 bits per heavy atom. The fraction of sp³-hybridized carbons (Fsp3) is 0.267. The third-order valence-electron chi connectivity index (χ3n) is 2.84. The molecule has 0 atom stereocenters. The molecule has 0 aliphatic carbocycles. The van der Waals surface area contributed by atoms with Crippen molar-refractivity contribution in [1.82, 2.24) is 10.2 Å². The number of aryl methyl sites for hydroxylation is 1. The van der Waals surface area contributed by atoms with Crippen LogP contribution in [0, 0.1) is 6.92 Å². The number of benzene rings is 1. The minimum absolute atomic E-state index is 0.0528. The van der Waals surface area contributed by atoms with Gasteiger partial charge < -0.3 is 5.32 Å². The second-order valence-corrected chi connectivity index (χ2v) is 5.67. The van der Waals surface area contributed by atoms with E-state index in [0.29, 0.717) is 0 Å². The van der Waals surface area contributed by atoms with Gasteiger partial charge in [-0.2, -0.15) is 5.10 Å². The van der Waals surface area contributed by atoms with Crippen LogP contribution in [0.5, 0.6) is 0 Å². The molecule has 5 nitrogen and oxygen atoms in total. The maximum absolute atomic E-state index is 11.6. The summed E-state index contributed by atoms with van der Waals surface area (Å²) in [5.41, 5.74) is 2.97. The molecule has 0 fully saturated rings. The van der Waals surface area contributed by atoms with E-state index in [-0.39, 0.29) is 10.8 Å². The lowest BCUT2D eigenvalue weighted by atomic mass is 10.1. The van der Waals surface area contributed by atoms with Gasteiger partial charge in [0.2, 0.25) is 0 Å². The Labute approximate surface area is 127 Å². The summed E-state index contributed by atoms with van der Waals surface area (Å²) in [6, 6.07) is 8.90. The summed E-state index contributed by atoms with van der Waals surface area (Å²) >= 11 is 1.27. The zero-order valence-corrected chi connectivity index (χ0v) is 12.8. The van der Waals surface area contributed by atoms with E-state index in [1.807, 2.05) is 38.1 Å². The van der Waals surface area contributed by atoms with Crippen molar-refractivity contribution in [3.63, 3.8) is 0 Å². The molecule has 21 heavy (non-hydrogen) atoms. The number of hydrogen-bond acceptors (Lipinski definition) is 4. The second-order valence-electron chi connectivity index (χ2n) is 4.60. The van der Waals surface area contributed by atoms with Crippen LogP contribution < -0.4 is 10.9 Å². The van der Waals surface area contributed by atoms with E-state index in [4.69, 9.17) is 0 Å². The first-order chi connectivity index (χ1) is 10.1. The lowest BCUT2D eigenvalue weighted by Crippen LogP contribution is -2.08. The van der Waals surface area contributed by atoms with Crippen molar-refractivity contribution in [2.24, 2.45) is 0 Å². The molecule has 1 amide bonds. The number of carbonyl (C=O) groups is 1. The van der Waals surface area contributed by atoms with E-state index in [0.717, 1.165) is 34.7 Å². The number of aromatic nitrogens is 2. The molecular weight excluding hydrogens is 286 g/mol. The Bertz CT molecular complexity index is 680. The molecular formula is C15H17N3O2S. The monoisotopic (exact) mass is 303 g/mol. The van der Waals surface area contributed by atoms with Crippen LogP contribution in [0.25, 0.3) is 11.3 Å². The summed E-state index contributed by atoms with van der Waals surface area (Å²) in [7, 11) is 0. The molecule has 0 aliphatic heterocycles. The zero-order chi connectivity index (χ0) is 15.2. The molecule has 1 aromatic heterocycles. The summed E-state index contributed by atoms with van der Waals surface area (Å²) < 4.78 is 0. The van der Waals surface area contributed by atoms with Gasteiger partial charge in [0, 0.05) is 23.1 Å². The molecule has 0 radical (unpaired) electrons. The Morgan fingerprint density at radius 1 is 1.33 bits per heavy atom. The lowest BCUT2D eigenvalue weighted by Gasteiger charge is -2.07. The highest BCUT2D eigenvalue weighted by Crippen LogP contribution is 2.22. The van der Waals surface area contributed by atoms with Gasteiger partial charge in [0.1, 0.15) is 0 Å². The highest BCUT2D eigenvalue weighted by molar-refractivity contribution is 8.13. The molecule has 0 bridgehead atoms. The van der Waals surface area contributed by atoms with Crippen LogP contribution in [0.1, 0.15) is 18.9 Å². The summed E-state index contributed by atoms with van der Waals surface area (Å²) in [6.07, 6.45) is 0.966. The summed E-state index contributed by atoms with van der Waals surface area (Å²) in [4.78, 5) is 22.8. The van der Waals surface area contributed by atoms with Crippen LogP contribution in [0.15, 0.2) is 35.1 Å². The van der Waals surface area contributed by atoms with E-state index < -0.39 is 0 Å².